The third kappa shape index (κ3) is 2.33. The molecule has 1 atom stereocenters. The van der Waals surface area contributed by atoms with Gasteiger partial charge in [-0.05, 0) is 25.0 Å². The van der Waals surface area contributed by atoms with Crippen molar-refractivity contribution in [3.8, 4) is 5.69 Å². The molecular formula is C12H14N4O3S. The summed E-state index contributed by atoms with van der Waals surface area (Å²) in [5.41, 5.74) is 0.645. The maximum atomic E-state index is 11.7. The van der Waals surface area contributed by atoms with Gasteiger partial charge < -0.3 is 4.74 Å². The SMILES string of the molecule is NS(=O)(=O)c1nnc(C2CCCO2)n1-c1ccccc1. The van der Waals surface area contributed by atoms with Gasteiger partial charge in [-0.2, -0.15) is 0 Å². The molecule has 0 radical (unpaired) electrons. The van der Waals surface area contributed by atoms with Crippen LogP contribution in [0.5, 0.6) is 0 Å². The van der Waals surface area contributed by atoms with Crippen molar-refractivity contribution in [1.82, 2.24) is 14.8 Å². The van der Waals surface area contributed by atoms with Crippen LogP contribution in [-0.2, 0) is 14.8 Å². The summed E-state index contributed by atoms with van der Waals surface area (Å²) in [6.07, 6.45) is 1.45. The van der Waals surface area contributed by atoms with Gasteiger partial charge in [-0.25, -0.2) is 13.6 Å². The highest BCUT2D eigenvalue weighted by molar-refractivity contribution is 7.89. The van der Waals surface area contributed by atoms with Crippen LogP contribution in [0.1, 0.15) is 24.8 Å². The average Bonchev–Trinajstić information content (AvgIpc) is 3.07. The predicted octanol–water partition coefficient (Wildman–Crippen LogP) is 0.766. The first kappa shape index (κ1) is 13.2. The topological polar surface area (TPSA) is 100 Å². The molecule has 1 saturated heterocycles. The second-order valence-corrected chi connectivity index (χ2v) is 6.01. The number of nitrogens with two attached hydrogens (primary N) is 1. The number of sulfonamides is 1. The minimum absolute atomic E-state index is 0.252. The van der Waals surface area contributed by atoms with Crippen LogP contribution in [0.3, 0.4) is 0 Å². The van der Waals surface area contributed by atoms with Gasteiger partial charge >= 0.3 is 0 Å². The number of aromatic nitrogens is 3. The highest BCUT2D eigenvalue weighted by Crippen LogP contribution is 2.30. The van der Waals surface area contributed by atoms with Gasteiger partial charge in [0.2, 0.25) is 0 Å². The van der Waals surface area contributed by atoms with E-state index < -0.39 is 10.0 Å². The number of para-hydroxylation sites is 1. The van der Waals surface area contributed by atoms with Crippen molar-refractivity contribution in [2.75, 3.05) is 6.61 Å². The summed E-state index contributed by atoms with van der Waals surface area (Å²) in [6.45, 7) is 0.636. The van der Waals surface area contributed by atoms with E-state index in [0.29, 0.717) is 18.1 Å². The van der Waals surface area contributed by atoms with Gasteiger partial charge in [0.05, 0.1) is 0 Å². The molecule has 20 heavy (non-hydrogen) atoms. The van der Waals surface area contributed by atoms with Crippen molar-refractivity contribution < 1.29 is 13.2 Å². The van der Waals surface area contributed by atoms with E-state index in [9.17, 15) is 8.42 Å². The van der Waals surface area contributed by atoms with Gasteiger partial charge in [0, 0.05) is 12.3 Å². The molecule has 1 unspecified atom stereocenters. The molecule has 3 rings (SSSR count). The molecule has 0 amide bonds. The molecule has 1 aliphatic rings. The molecule has 0 saturated carbocycles. The van der Waals surface area contributed by atoms with Crippen LogP contribution in [-0.4, -0.2) is 29.8 Å². The molecule has 2 N–H and O–H groups in total. The van der Waals surface area contributed by atoms with E-state index in [2.05, 4.69) is 10.2 Å². The lowest BCUT2D eigenvalue weighted by Gasteiger charge is -2.12. The van der Waals surface area contributed by atoms with Crippen LogP contribution in [0.15, 0.2) is 35.5 Å². The normalized spacial score (nSPS) is 19.4. The Kier molecular flexibility index (Phi) is 3.28. The van der Waals surface area contributed by atoms with Crippen LogP contribution in [0.2, 0.25) is 0 Å². The fraction of sp³-hybridized carbons (Fsp3) is 0.333. The first-order chi connectivity index (χ1) is 9.57. The number of rotatable bonds is 3. The molecule has 7 nitrogen and oxygen atoms in total. The molecule has 2 aromatic rings. The summed E-state index contributed by atoms with van der Waals surface area (Å²) in [4.78, 5) is 0. The lowest BCUT2D eigenvalue weighted by molar-refractivity contribution is 0.103. The Bertz CT molecular complexity index is 706. The number of ether oxygens (including phenoxy) is 1. The number of nitrogens with zero attached hydrogens (tertiary/aromatic N) is 3. The fourth-order valence-corrected chi connectivity index (χ4v) is 2.88. The van der Waals surface area contributed by atoms with Gasteiger partial charge in [0.25, 0.3) is 15.2 Å². The minimum Gasteiger partial charge on any atom is -0.370 e. The Morgan fingerprint density at radius 2 is 2.00 bits per heavy atom. The number of benzene rings is 1. The molecule has 1 aromatic heterocycles. The van der Waals surface area contributed by atoms with Gasteiger partial charge in [0.15, 0.2) is 5.82 Å². The third-order valence-corrected chi connectivity index (χ3v) is 3.92. The summed E-state index contributed by atoms with van der Waals surface area (Å²) in [6, 6.07) is 9.01. The fourth-order valence-electron chi connectivity index (χ4n) is 2.28. The lowest BCUT2D eigenvalue weighted by atomic mass is 10.2. The Morgan fingerprint density at radius 1 is 1.25 bits per heavy atom. The molecule has 1 fully saturated rings. The first-order valence-corrected chi connectivity index (χ1v) is 7.77. The van der Waals surface area contributed by atoms with Crippen LogP contribution in [0.25, 0.3) is 5.69 Å². The summed E-state index contributed by atoms with van der Waals surface area (Å²) in [7, 11) is -3.96. The molecule has 0 spiro atoms. The first-order valence-electron chi connectivity index (χ1n) is 6.22. The molecule has 1 aliphatic heterocycles. The summed E-state index contributed by atoms with van der Waals surface area (Å²) < 4.78 is 30.4. The summed E-state index contributed by atoms with van der Waals surface area (Å²) in [5, 5.41) is 12.6. The molecule has 1 aromatic carbocycles. The lowest BCUT2D eigenvalue weighted by Crippen LogP contribution is -2.19. The van der Waals surface area contributed by atoms with Crippen LogP contribution in [0, 0.1) is 0 Å². The maximum Gasteiger partial charge on any atom is 0.274 e. The molecule has 0 bridgehead atoms. The Balaban J connectivity index is 2.19. The zero-order valence-corrected chi connectivity index (χ0v) is 11.5. The van der Waals surface area contributed by atoms with E-state index in [1.165, 1.54) is 4.57 Å². The van der Waals surface area contributed by atoms with Crippen molar-refractivity contribution in [2.45, 2.75) is 24.1 Å². The Hall–Kier alpha value is -1.77. The van der Waals surface area contributed by atoms with E-state index in [4.69, 9.17) is 9.88 Å². The Morgan fingerprint density at radius 3 is 2.60 bits per heavy atom. The largest absolute Gasteiger partial charge is 0.370 e. The number of hydrogen-bond donors (Lipinski definition) is 1. The summed E-state index contributed by atoms with van der Waals surface area (Å²) >= 11 is 0. The van der Waals surface area contributed by atoms with Crippen LogP contribution in [0.4, 0.5) is 0 Å². The predicted molar refractivity (Wildman–Crippen MR) is 70.7 cm³/mol. The third-order valence-electron chi connectivity index (χ3n) is 3.14. The van der Waals surface area contributed by atoms with Crippen molar-refractivity contribution in [1.29, 1.82) is 0 Å². The highest BCUT2D eigenvalue weighted by atomic mass is 32.2. The number of primary sulfonamides is 1. The van der Waals surface area contributed by atoms with Crippen molar-refractivity contribution in [2.24, 2.45) is 5.14 Å². The molecule has 0 aliphatic carbocycles. The molecule has 106 valence electrons. The van der Waals surface area contributed by atoms with E-state index in [-0.39, 0.29) is 11.3 Å². The zero-order valence-electron chi connectivity index (χ0n) is 10.6. The monoisotopic (exact) mass is 294 g/mol. The zero-order chi connectivity index (χ0) is 14.2. The highest BCUT2D eigenvalue weighted by Gasteiger charge is 2.29. The average molecular weight is 294 g/mol. The second-order valence-electron chi connectivity index (χ2n) is 4.56. The van der Waals surface area contributed by atoms with Crippen molar-refractivity contribution in [3.05, 3.63) is 36.2 Å². The maximum absolute atomic E-state index is 11.7. The van der Waals surface area contributed by atoms with Gasteiger partial charge in [-0.15, -0.1) is 10.2 Å². The van der Waals surface area contributed by atoms with E-state index in [1.807, 2.05) is 18.2 Å². The van der Waals surface area contributed by atoms with E-state index >= 15 is 0 Å². The van der Waals surface area contributed by atoms with E-state index in [0.717, 1.165) is 12.8 Å². The molecular weight excluding hydrogens is 280 g/mol. The Labute approximate surface area is 116 Å². The van der Waals surface area contributed by atoms with Crippen molar-refractivity contribution >= 4 is 10.0 Å². The standard InChI is InChI=1S/C12H14N4O3S/c13-20(17,18)12-15-14-11(10-7-4-8-19-10)16(12)9-5-2-1-3-6-9/h1-3,5-6,10H,4,7-8H2,(H2,13,17,18). The van der Waals surface area contributed by atoms with Gasteiger partial charge in [0.1, 0.15) is 6.10 Å². The minimum atomic E-state index is -3.96. The van der Waals surface area contributed by atoms with Crippen molar-refractivity contribution in [3.63, 3.8) is 0 Å². The second kappa shape index (κ2) is 4.97. The smallest absolute Gasteiger partial charge is 0.274 e. The summed E-state index contributed by atoms with van der Waals surface area (Å²) in [5.74, 6) is 0.470. The van der Waals surface area contributed by atoms with Gasteiger partial charge in [-0.1, -0.05) is 18.2 Å². The van der Waals surface area contributed by atoms with Crippen LogP contribution < -0.4 is 5.14 Å². The van der Waals surface area contributed by atoms with Gasteiger partial charge in [-0.3, -0.25) is 4.57 Å². The van der Waals surface area contributed by atoms with E-state index in [1.54, 1.807) is 12.1 Å². The molecule has 8 heteroatoms. The van der Waals surface area contributed by atoms with Crippen LogP contribution >= 0.6 is 0 Å². The molecule has 2 heterocycles. The number of hydrogen-bond acceptors (Lipinski definition) is 5. The quantitative estimate of drug-likeness (QED) is 0.901.